The molecule has 5 heteroatoms. The third-order valence-corrected chi connectivity index (χ3v) is 6.81. The van der Waals surface area contributed by atoms with E-state index in [1.807, 2.05) is 36.4 Å². The second-order valence-corrected chi connectivity index (χ2v) is 8.86. The van der Waals surface area contributed by atoms with Crippen LogP contribution in [0, 0.1) is 20.8 Å². The highest BCUT2D eigenvalue weighted by molar-refractivity contribution is 7.98. The van der Waals surface area contributed by atoms with Crippen LogP contribution in [0.1, 0.15) is 22.3 Å². The van der Waals surface area contributed by atoms with Crippen LogP contribution in [0.25, 0.3) is 27.6 Å². The number of benzene rings is 3. The second kappa shape index (κ2) is 7.75. The molecule has 4 nitrogen and oxygen atoms in total. The first-order chi connectivity index (χ1) is 15.0. The van der Waals surface area contributed by atoms with E-state index >= 15 is 0 Å². The predicted molar refractivity (Wildman–Crippen MR) is 129 cm³/mol. The van der Waals surface area contributed by atoms with Crippen LogP contribution in [0.3, 0.4) is 0 Å². The maximum atomic E-state index is 13.7. The first-order valence-electron chi connectivity index (χ1n) is 10.3. The number of thioether (sulfide) groups is 1. The number of rotatable bonds is 4. The van der Waals surface area contributed by atoms with Gasteiger partial charge < -0.3 is 4.98 Å². The predicted octanol–water partition coefficient (Wildman–Crippen LogP) is 6.08. The molecule has 2 aromatic heterocycles. The lowest BCUT2D eigenvalue weighted by Crippen LogP contribution is -2.22. The maximum Gasteiger partial charge on any atom is 0.283 e. The molecule has 0 saturated heterocycles. The minimum atomic E-state index is -0.0682. The summed E-state index contributed by atoms with van der Waals surface area (Å²) in [6.07, 6.45) is 0. The van der Waals surface area contributed by atoms with Gasteiger partial charge in [0, 0.05) is 16.7 Å². The standard InChI is InChI=1S/C26H23N3OS/c1-16-11-13-19(14-12-16)15-31-26-28-23-20-8-4-5-9-21(20)27-24(23)25(30)29(26)22-10-6-7-17(2)18(22)3/h4-14,27H,15H2,1-3H3. The molecule has 0 aliphatic rings. The van der Waals surface area contributed by atoms with Crippen LogP contribution >= 0.6 is 11.8 Å². The molecule has 31 heavy (non-hydrogen) atoms. The molecular weight excluding hydrogens is 402 g/mol. The Morgan fingerprint density at radius 1 is 0.935 bits per heavy atom. The molecule has 2 heterocycles. The SMILES string of the molecule is Cc1ccc(CSc2nc3c([nH]c4ccccc43)c(=O)n2-c2cccc(C)c2C)cc1. The first kappa shape index (κ1) is 19.6. The lowest BCUT2D eigenvalue weighted by atomic mass is 10.1. The van der Waals surface area contributed by atoms with Gasteiger partial charge >= 0.3 is 0 Å². The molecule has 0 amide bonds. The highest BCUT2D eigenvalue weighted by Gasteiger charge is 2.18. The van der Waals surface area contributed by atoms with Gasteiger partial charge in [0.05, 0.1) is 5.69 Å². The number of fused-ring (bicyclic) bond motifs is 3. The number of hydrogen-bond acceptors (Lipinski definition) is 3. The van der Waals surface area contributed by atoms with Crippen molar-refractivity contribution in [2.75, 3.05) is 0 Å². The highest BCUT2D eigenvalue weighted by Crippen LogP contribution is 2.29. The summed E-state index contributed by atoms with van der Waals surface area (Å²) in [5.74, 6) is 0.742. The molecule has 0 spiro atoms. The fraction of sp³-hybridized carbons (Fsp3) is 0.154. The van der Waals surface area contributed by atoms with Gasteiger partial charge in [-0.1, -0.05) is 71.9 Å². The zero-order valence-electron chi connectivity index (χ0n) is 17.8. The maximum absolute atomic E-state index is 13.7. The van der Waals surface area contributed by atoms with Crippen molar-refractivity contribution in [1.82, 2.24) is 14.5 Å². The lowest BCUT2D eigenvalue weighted by molar-refractivity contribution is 0.812. The Labute approximate surface area is 185 Å². The van der Waals surface area contributed by atoms with Crippen molar-refractivity contribution < 1.29 is 0 Å². The first-order valence-corrected chi connectivity index (χ1v) is 11.3. The molecule has 0 radical (unpaired) electrons. The zero-order chi connectivity index (χ0) is 21.5. The molecule has 0 aliphatic heterocycles. The van der Waals surface area contributed by atoms with E-state index in [4.69, 9.17) is 4.98 Å². The summed E-state index contributed by atoms with van der Waals surface area (Å²) in [6, 6.07) is 22.5. The van der Waals surface area contributed by atoms with Gasteiger partial charge in [-0.05, 0) is 49.6 Å². The van der Waals surface area contributed by atoms with E-state index in [9.17, 15) is 4.79 Å². The summed E-state index contributed by atoms with van der Waals surface area (Å²) >= 11 is 1.59. The van der Waals surface area contributed by atoms with Crippen molar-refractivity contribution in [3.63, 3.8) is 0 Å². The second-order valence-electron chi connectivity index (χ2n) is 7.92. The summed E-state index contributed by atoms with van der Waals surface area (Å²) in [4.78, 5) is 22.0. The van der Waals surface area contributed by atoms with E-state index in [1.165, 1.54) is 11.1 Å². The number of para-hydroxylation sites is 1. The van der Waals surface area contributed by atoms with Crippen molar-refractivity contribution in [2.45, 2.75) is 31.7 Å². The van der Waals surface area contributed by atoms with E-state index in [0.29, 0.717) is 10.7 Å². The molecule has 0 saturated carbocycles. The molecule has 3 aromatic carbocycles. The fourth-order valence-corrected chi connectivity index (χ4v) is 4.82. The van der Waals surface area contributed by atoms with Gasteiger partial charge in [-0.25, -0.2) is 4.98 Å². The Morgan fingerprint density at radius 2 is 1.71 bits per heavy atom. The third-order valence-electron chi connectivity index (χ3n) is 5.80. The molecule has 0 aliphatic carbocycles. The summed E-state index contributed by atoms with van der Waals surface area (Å²) in [5.41, 5.74) is 7.68. The molecule has 1 N–H and O–H groups in total. The molecule has 0 bridgehead atoms. The van der Waals surface area contributed by atoms with Gasteiger partial charge in [-0.15, -0.1) is 0 Å². The largest absolute Gasteiger partial charge is 0.349 e. The number of aromatic nitrogens is 3. The fourth-order valence-electron chi connectivity index (χ4n) is 3.86. The normalized spacial score (nSPS) is 11.5. The minimum Gasteiger partial charge on any atom is -0.349 e. The van der Waals surface area contributed by atoms with Crippen LogP contribution in [-0.2, 0) is 5.75 Å². The van der Waals surface area contributed by atoms with Crippen molar-refractivity contribution >= 4 is 33.7 Å². The van der Waals surface area contributed by atoms with Crippen molar-refractivity contribution in [3.8, 4) is 5.69 Å². The average Bonchev–Trinajstić information content (AvgIpc) is 3.15. The molecule has 0 fully saturated rings. The Bertz CT molecular complexity index is 1480. The van der Waals surface area contributed by atoms with Gasteiger partial charge in [0.1, 0.15) is 11.0 Å². The van der Waals surface area contributed by atoms with Crippen LogP contribution in [0.2, 0.25) is 0 Å². The number of hydrogen-bond donors (Lipinski definition) is 1. The summed E-state index contributed by atoms with van der Waals surface area (Å²) in [6.45, 7) is 6.21. The van der Waals surface area contributed by atoms with Crippen LogP contribution in [0.5, 0.6) is 0 Å². The Hall–Kier alpha value is -3.31. The molecular formula is C26H23N3OS. The summed E-state index contributed by atoms with van der Waals surface area (Å²) in [7, 11) is 0. The van der Waals surface area contributed by atoms with Crippen LogP contribution in [0.4, 0.5) is 0 Å². The zero-order valence-corrected chi connectivity index (χ0v) is 18.6. The average molecular weight is 426 g/mol. The Morgan fingerprint density at radius 3 is 2.52 bits per heavy atom. The number of nitrogens with zero attached hydrogens (tertiary/aromatic N) is 2. The van der Waals surface area contributed by atoms with Crippen LogP contribution in [0.15, 0.2) is 76.7 Å². The van der Waals surface area contributed by atoms with Crippen molar-refractivity contribution in [1.29, 1.82) is 0 Å². The summed E-state index contributed by atoms with van der Waals surface area (Å²) < 4.78 is 1.76. The van der Waals surface area contributed by atoms with Crippen LogP contribution < -0.4 is 5.56 Å². The number of nitrogens with one attached hydrogen (secondary N) is 1. The lowest BCUT2D eigenvalue weighted by Gasteiger charge is -2.15. The van der Waals surface area contributed by atoms with E-state index in [1.54, 1.807) is 16.3 Å². The topological polar surface area (TPSA) is 50.7 Å². The van der Waals surface area contributed by atoms with Crippen LogP contribution in [-0.4, -0.2) is 14.5 Å². The van der Waals surface area contributed by atoms with E-state index in [-0.39, 0.29) is 5.56 Å². The van der Waals surface area contributed by atoms with Crippen molar-refractivity contribution in [2.24, 2.45) is 0 Å². The quantitative estimate of drug-likeness (QED) is 0.280. The van der Waals surface area contributed by atoms with E-state index in [2.05, 4.69) is 56.1 Å². The number of aryl methyl sites for hydroxylation is 2. The molecule has 154 valence electrons. The van der Waals surface area contributed by atoms with Gasteiger partial charge in [-0.2, -0.15) is 0 Å². The van der Waals surface area contributed by atoms with Gasteiger partial charge in [0.25, 0.3) is 5.56 Å². The molecule has 5 aromatic rings. The summed E-state index contributed by atoms with van der Waals surface area (Å²) in [5, 5.41) is 1.68. The van der Waals surface area contributed by atoms with Gasteiger partial charge in [0.15, 0.2) is 5.16 Å². The van der Waals surface area contributed by atoms with E-state index < -0.39 is 0 Å². The number of H-pyrrole nitrogens is 1. The Balaban J connectivity index is 1.74. The molecule has 0 unspecified atom stereocenters. The molecule has 0 atom stereocenters. The minimum absolute atomic E-state index is 0.0682. The van der Waals surface area contributed by atoms with Crippen molar-refractivity contribution in [3.05, 3.63) is 99.3 Å². The van der Waals surface area contributed by atoms with Gasteiger partial charge in [0.2, 0.25) is 0 Å². The smallest absolute Gasteiger partial charge is 0.283 e. The number of aromatic amines is 1. The Kier molecular flexibility index (Phi) is 4.91. The third kappa shape index (κ3) is 3.45. The monoisotopic (exact) mass is 425 g/mol. The highest BCUT2D eigenvalue weighted by atomic mass is 32.2. The van der Waals surface area contributed by atoms with Gasteiger partial charge in [-0.3, -0.25) is 9.36 Å². The molecule has 5 rings (SSSR count). The van der Waals surface area contributed by atoms with E-state index in [0.717, 1.165) is 39.0 Å².